The summed E-state index contributed by atoms with van der Waals surface area (Å²) in [6.07, 6.45) is 3.58. The first kappa shape index (κ1) is 11.1. The summed E-state index contributed by atoms with van der Waals surface area (Å²) in [6, 6.07) is 3.73. The van der Waals surface area contributed by atoms with Crippen LogP contribution in [0.1, 0.15) is 18.5 Å². The number of nitrogens with zero attached hydrogens (tertiary/aromatic N) is 1. The molecule has 1 aliphatic rings. The van der Waals surface area contributed by atoms with Crippen LogP contribution in [0.15, 0.2) is 18.3 Å². The molecule has 0 unspecified atom stereocenters. The molecule has 4 heteroatoms. The number of hydrogen-bond donors (Lipinski definition) is 2. The fraction of sp³-hybridized carbons (Fsp3) is 0.500. The van der Waals surface area contributed by atoms with Crippen molar-refractivity contribution in [3.8, 4) is 0 Å². The van der Waals surface area contributed by atoms with Crippen LogP contribution >= 0.6 is 0 Å². The van der Waals surface area contributed by atoms with Crippen molar-refractivity contribution < 1.29 is 4.79 Å². The SMILES string of the molecule is Cc1ncccc1NC(=O)C1CCNCC1. The van der Waals surface area contributed by atoms with Crippen LogP contribution in [0.2, 0.25) is 0 Å². The molecule has 0 saturated carbocycles. The van der Waals surface area contributed by atoms with E-state index in [2.05, 4.69) is 15.6 Å². The third-order valence-electron chi connectivity index (χ3n) is 2.97. The Morgan fingerprint density at radius 3 is 2.94 bits per heavy atom. The van der Waals surface area contributed by atoms with E-state index in [-0.39, 0.29) is 11.8 Å². The number of aryl methyl sites for hydroxylation is 1. The van der Waals surface area contributed by atoms with Crippen molar-refractivity contribution in [2.75, 3.05) is 18.4 Å². The van der Waals surface area contributed by atoms with Gasteiger partial charge in [-0.15, -0.1) is 0 Å². The highest BCUT2D eigenvalue weighted by Gasteiger charge is 2.21. The Morgan fingerprint density at radius 2 is 2.25 bits per heavy atom. The maximum atomic E-state index is 12.0. The highest BCUT2D eigenvalue weighted by Crippen LogP contribution is 2.16. The van der Waals surface area contributed by atoms with E-state index in [4.69, 9.17) is 0 Å². The number of carbonyl (C=O) groups excluding carboxylic acids is 1. The van der Waals surface area contributed by atoms with Crippen molar-refractivity contribution in [3.63, 3.8) is 0 Å². The molecule has 2 heterocycles. The third-order valence-corrected chi connectivity index (χ3v) is 2.97. The van der Waals surface area contributed by atoms with Gasteiger partial charge in [-0.05, 0) is 45.0 Å². The lowest BCUT2D eigenvalue weighted by atomic mass is 9.97. The van der Waals surface area contributed by atoms with Crippen LogP contribution < -0.4 is 10.6 Å². The minimum absolute atomic E-state index is 0.123. The number of piperidine rings is 1. The largest absolute Gasteiger partial charge is 0.324 e. The van der Waals surface area contributed by atoms with Crippen LogP contribution in [0.25, 0.3) is 0 Å². The average Bonchev–Trinajstić information content (AvgIpc) is 2.33. The number of rotatable bonds is 2. The number of pyridine rings is 1. The Kier molecular flexibility index (Phi) is 3.51. The molecule has 0 aromatic carbocycles. The molecule has 0 spiro atoms. The summed E-state index contributed by atoms with van der Waals surface area (Å²) in [5.41, 5.74) is 1.69. The quantitative estimate of drug-likeness (QED) is 0.789. The lowest BCUT2D eigenvalue weighted by molar-refractivity contribution is -0.120. The number of amides is 1. The number of hydrogen-bond acceptors (Lipinski definition) is 3. The van der Waals surface area contributed by atoms with E-state index in [1.165, 1.54) is 0 Å². The molecular weight excluding hydrogens is 202 g/mol. The molecule has 1 saturated heterocycles. The van der Waals surface area contributed by atoms with E-state index >= 15 is 0 Å². The Morgan fingerprint density at radius 1 is 1.50 bits per heavy atom. The Bertz CT molecular complexity index is 372. The highest BCUT2D eigenvalue weighted by atomic mass is 16.1. The Balaban J connectivity index is 1.99. The standard InChI is InChI=1S/C12H17N3O/c1-9-11(3-2-6-14-9)15-12(16)10-4-7-13-8-5-10/h2-3,6,10,13H,4-5,7-8H2,1H3,(H,15,16). The third kappa shape index (κ3) is 2.58. The van der Waals surface area contributed by atoms with E-state index < -0.39 is 0 Å². The van der Waals surface area contributed by atoms with Crippen molar-refractivity contribution in [1.82, 2.24) is 10.3 Å². The lowest BCUT2D eigenvalue weighted by Crippen LogP contribution is -2.34. The minimum atomic E-state index is 0.123. The second-order valence-electron chi connectivity index (χ2n) is 4.15. The topological polar surface area (TPSA) is 54.0 Å². The summed E-state index contributed by atoms with van der Waals surface area (Å²) in [5.74, 6) is 0.262. The summed E-state index contributed by atoms with van der Waals surface area (Å²) in [5, 5.41) is 6.20. The second-order valence-corrected chi connectivity index (χ2v) is 4.15. The Labute approximate surface area is 95.5 Å². The summed E-state index contributed by atoms with van der Waals surface area (Å²) < 4.78 is 0. The smallest absolute Gasteiger partial charge is 0.227 e. The van der Waals surface area contributed by atoms with E-state index in [1.54, 1.807) is 6.20 Å². The predicted octanol–water partition coefficient (Wildman–Crippen LogP) is 1.33. The molecule has 4 nitrogen and oxygen atoms in total. The van der Waals surface area contributed by atoms with Gasteiger partial charge in [-0.1, -0.05) is 0 Å². The molecule has 86 valence electrons. The van der Waals surface area contributed by atoms with Crippen molar-refractivity contribution in [2.24, 2.45) is 5.92 Å². The molecular formula is C12H17N3O. The van der Waals surface area contributed by atoms with Crippen LogP contribution in [0.3, 0.4) is 0 Å². The van der Waals surface area contributed by atoms with Crippen molar-refractivity contribution in [2.45, 2.75) is 19.8 Å². The highest BCUT2D eigenvalue weighted by molar-refractivity contribution is 5.93. The maximum Gasteiger partial charge on any atom is 0.227 e. The molecule has 1 aromatic heterocycles. The zero-order valence-corrected chi connectivity index (χ0v) is 9.49. The van der Waals surface area contributed by atoms with Crippen LogP contribution in [-0.2, 0) is 4.79 Å². The molecule has 2 N–H and O–H groups in total. The normalized spacial score (nSPS) is 17.1. The summed E-state index contributed by atoms with van der Waals surface area (Å²) in [7, 11) is 0. The Hall–Kier alpha value is -1.42. The van der Waals surface area contributed by atoms with Gasteiger partial charge in [0.05, 0.1) is 11.4 Å². The van der Waals surface area contributed by atoms with Gasteiger partial charge in [-0.3, -0.25) is 9.78 Å². The van der Waals surface area contributed by atoms with Crippen LogP contribution in [-0.4, -0.2) is 24.0 Å². The number of nitrogens with one attached hydrogen (secondary N) is 2. The van der Waals surface area contributed by atoms with E-state index in [0.29, 0.717) is 0 Å². The van der Waals surface area contributed by atoms with Crippen molar-refractivity contribution >= 4 is 11.6 Å². The van der Waals surface area contributed by atoms with E-state index in [9.17, 15) is 4.79 Å². The first-order valence-corrected chi connectivity index (χ1v) is 5.70. The summed E-state index contributed by atoms with van der Waals surface area (Å²) >= 11 is 0. The zero-order chi connectivity index (χ0) is 11.4. The molecule has 1 fully saturated rings. The molecule has 16 heavy (non-hydrogen) atoms. The van der Waals surface area contributed by atoms with Crippen LogP contribution in [0.4, 0.5) is 5.69 Å². The van der Waals surface area contributed by atoms with E-state index in [1.807, 2.05) is 19.1 Å². The molecule has 1 amide bonds. The lowest BCUT2D eigenvalue weighted by Gasteiger charge is -2.22. The van der Waals surface area contributed by atoms with Gasteiger partial charge < -0.3 is 10.6 Å². The first-order chi connectivity index (χ1) is 7.77. The number of anilines is 1. The number of carbonyl (C=O) groups is 1. The number of aromatic nitrogens is 1. The molecule has 0 atom stereocenters. The van der Waals surface area contributed by atoms with Gasteiger partial charge in [0.25, 0.3) is 0 Å². The van der Waals surface area contributed by atoms with Gasteiger partial charge in [0.2, 0.25) is 5.91 Å². The maximum absolute atomic E-state index is 12.0. The van der Waals surface area contributed by atoms with Gasteiger partial charge >= 0.3 is 0 Å². The molecule has 0 bridgehead atoms. The molecule has 1 aromatic rings. The van der Waals surface area contributed by atoms with Gasteiger partial charge in [0.15, 0.2) is 0 Å². The van der Waals surface area contributed by atoms with E-state index in [0.717, 1.165) is 37.3 Å². The molecule has 0 radical (unpaired) electrons. The molecule has 2 rings (SSSR count). The van der Waals surface area contributed by atoms with Crippen LogP contribution in [0, 0.1) is 12.8 Å². The van der Waals surface area contributed by atoms with Gasteiger partial charge in [0.1, 0.15) is 0 Å². The molecule has 1 aliphatic heterocycles. The average molecular weight is 219 g/mol. The monoisotopic (exact) mass is 219 g/mol. The van der Waals surface area contributed by atoms with Gasteiger partial charge in [0, 0.05) is 12.1 Å². The van der Waals surface area contributed by atoms with Crippen LogP contribution in [0.5, 0.6) is 0 Å². The van der Waals surface area contributed by atoms with Crippen molar-refractivity contribution in [1.29, 1.82) is 0 Å². The predicted molar refractivity (Wildman–Crippen MR) is 63.2 cm³/mol. The zero-order valence-electron chi connectivity index (χ0n) is 9.49. The summed E-state index contributed by atoms with van der Waals surface area (Å²) in [6.45, 7) is 3.77. The fourth-order valence-corrected chi connectivity index (χ4v) is 1.94. The van der Waals surface area contributed by atoms with Crippen molar-refractivity contribution in [3.05, 3.63) is 24.0 Å². The minimum Gasteiger partial charge on any atom is -0.324 e. The van der Waals surface area contributed by atoms with Gasteiger partial charge in [-0.25, -0.2) is 0 Å². The molecule has 0 aliphatic carbocycles. The first-order valence-electron chi connectivity index (χ1n) is 5.70. The summed E-state index contributed by atoms with van der Waals surface area (Å²) in [4.78, 5) is 16.1. The second kappa shape index (κ2) is 5.07. The van der Waals surface area contributed by atoms with Gasteiger partial charge in [-0.2, -0.15) is 0 Å². The fourth-order valence-electron chi connectivity index (χ4n) is 1.94.